The minimum atomic E-state index is -2.00. The number of hydrogen-bond acceptors (Lipinski definition) is 4. The van der Waals surface area contributed by atoms with Crippen LogP contribution in [0.5, 0.6) is 0 Å². The van der Waals surface area contributed by atoms with E-state index in [1.165, 1.54) is 37.5 Å². The molecule has 1 aromatic rings. The third kappa shape index (κ3) is 7.82. The summed E-state index contributed by atoms with van der Waals surface area (Å²) in [7, 11) is -2.52. The maximum absolute atomic E-state index is 11.9. The lowest BCUT2D eigenvalue weighted by molar-refractivity contribution is 0.0600. The van der Waals surface area contributed by atoms with Gasteiger partial charge in [-0.15, -0.1) is 0 Å². The molecule has 0 N–H and O–H groups in total. The van der Waals surface area contributed by atoms with Gasteiger partial charge in [0.25, 0.3) is 0 Å². The second-order valence-corrected chi connectivity index (χ2v) is 26.9. The van der Waals surface area contributed by atoms with Gasteiger partial charge in [-0.05, 0) is 115 Å². The van der Waals surface area contributed by atoms with E-state index in [1.54, 1.807) is 5.57 Å². The Bertz CT molecular complexity index is 1380. The summed E-state index contributed by atoms with van der Waals surface area (Å²) >= 11 is 0. The number of ether oxygens (including phenoxy) is 1. The van der Waals surface area contributed by atoms with Crippen LogP contribution in [0.1, 0.15) is 109 Å². The summed E-state index contributed by atoms with van der Waals surface area (Å²) in [6.07, 6.45) is 15.0. The lowest BCUT2D eigenvalue weighted by Crippen LogP contribution is -2.49. The lowest BCUT2D eigenvalue weighted by Gasteiger charge is -2.45. The predicted molar refractivity (Wildman–Crippen MR) is 199 cm³/mol. The number of esters is 1. The second kappa shape index (κ2) is 13.5. The maximum Gasteiger partial charge on any atom is 0.337 e. The number of fused-ring (bicyclic) bond motifs is 1. The summed E-state index contributed by atoms with van der Waals surface area (Å²) in [4.78, 5) is 11.9. The van der Waals surface area contributed by atoms with Crippen LogP contribution >= 0.6 is 0 Å². The van der Waals surface area contributed by atoms with Gasteiger partial charge in [0, 0.05) is 6.42 Å². The highest BCUT2D eigenvalue weighted by atomic mass is 28.4. The molecule has 3 aliphatic carbocycles. The van der Waals surface area contributed by atoms with Crippen molar-refractivity contribution in [1.82, 2.24) is 0 Å². The van der Waals surface area contributed by atoms with Gasteiger partial charge in [-0.3, -0.25) is 0 Å². The van der Waals surface area contributed by atoms with Crippen LogP contribution < -0.4 is 0 Å². The van der Waals surface area contributed by atoms with Crippen LogP contribution in [0.25, 0.3) is 6.08 Å². The molecule has 0 spiro atoms. The molecular formula is C40H62O4Si2. The summed E-state index contributed by atoms with van der Waals surface area (Å²) in [6, 6.07) is 7.82. The first kappa shape index (κ1) is 36.8. The normalized spacial score (nSPS) is 29.0. The highest BCUT2D eigenvalue weighted by Crippen LogP contribution is 2.57. The summed E-state index contributed by atoms with van der Waals surface area (Å²) in [6.45, 7) is 30.5. The Morgan fingerprint density at radius 3 is 2.13 bits per heavy atom. The first-order valence-corrected chi connectivity index (χ1v) is 23.3. The molecule has 0 radical (unpaired) electrons. The molecule has 3 fully saturated rings. The Morgan fingerprint density at radius 2 is 1.54 bits per heavy atom. The van der Waals surface area contributed by atoms with Gasteiger partial charge in [0.2, 0.25) is 0 Å². The van der Waals surface area contributed by atoms with Crippen LogP contribution in [-0.4, -0.2) is 41.9 Å². The predicted octanol–water partition coefficient (Wildman–Crippen LogP) is 11.4. The Balaban J connectivity index is 1.61. The summed E-state index contributed by atoms with van der Waals surface area (Å²) < 4.78 is 19.0. The highest BCUT2D eigenvalue weighted by Gasteiger charge is 2.47. The molecule has 0 saturated heterocycles. The van der Waals surface area contributed by atoms with Gasteiger partial charge in [-0.1, -0.05) is 96.6 Å². The van der Waals surface area contributed by atoms with E-state index in [1.807, 2.05) is 24.3 Å². The smallest absolute Gasteiger partial charge is 0.337 e. The first-order chi connectivity index (χ1) is 21.2. The Kier molecular flexibility index (Phi) is 10.8. The van der Waals surface area contributed by atoms with Crippen LogP contribution in [0.3, 0.4) is 0 Å². The van der Waals surface area contributed by atoms with Gasteiger partial charge in [-0.2, -0.15) is 0 Å². The third-order valence-corrected chi connectivity index (χ3v) is 21.2. The average Bonchev–Trinajstić information content (AvgIpc) is 3.28. The number of benzene rings is 1. The zero-order valence-corrected chi connectivity index (χ0v) is 33.1. The van der Waals surface area contributed by atoms with Crippen molar-refractivity contribution >= 4 is 28.7 Å². The zero-order valence-electron chi connectivity index (χ0n) is 31.1. The number of carbonyl (C=O) groups is 1. The van der Waals surface area contributed by atoms with Crippen LogP contribution in [0, 0.1) is 11.3 Å². The van der Waals surface area contributed by atoms with E-state index < -0.39 is 16.6 Å². The number of hydrogen-bond donors (Lipinski definition) is 0. The molecule has 0 bridgehead atoms. The van der Waals surface area contributed by atoms with Crippen molar-refractivity contribution in [1.29, 1.82) is 0 Å². The average molecular weight is 663 g/mol. The van der Waals surface area contributed by atoms with Crippen molar-refractivity contribution in [3.05, 3.63) is 76.4 Å². The van der Waals surface area contributed by atoms with E-state index in [9.17, 15) is 4.79 Å². The number of methoxy groups -OCH3 is 1. The van der Waals surface area contributed by atoms with Crippen molar-refractivity contribution in [3.8, 4) is 0 Å². The van der Waals surface area contributed by atoms with Gasteiger partial charge in [0.05, 0.1) is 24.9 Å². The quantitative estimate of drug-likeness (QED) is 0.215. The van der Waals surface area contributed by atoms with Crippen LogP contribution in [0.15, 0.2) is 65.3 Å². The summed E-state index contributed by atoms with van der Waals surface area (Å²) in [5, 5.41) is 0.294. The number of allylic oxidation sites excluding steroid dienone is 4. The van der Waals surface area contributed by atoms with E-state index in [-0.39, 0.29) is 33.7 Å². The fraction of sp³-hybridized carbons (Fsp3) is 0.625. The lowest BCUT2D eigenvalue weighted by atomic mass is 9.65. The molecule has 4 rings (SSSR count). The van der Waals surface area contributed by atoms with E-state index in [0.717, 1.165) is 36.8 Å². The third-order valence-electron chi connectivity index (χ3n) is 12.2. The van der Waals surface area contributed by atoms with E-state index in [4.69, 9.17) is 13.6 Å². The molecule has 46 heavy (non-hydrogen) atoms. The molecule has 0 heterocycles. The number of rotatable bonds is 7. The van der Waals surface area contributed by atoms with Crippen molar-refractivity contribution in [2.24, 2.45) is 11.3 Å². The monoisotopic (exact) mass is 662 g/mol. The Morgan fingerprint density at radius 1 is 0.935 bits per heavy atom. The maximum atomic E-state index is 11.9. The van der Waals surface area contributed by atoms with Crippen LogP contribution in [0.4, 0.5) is 0 Å². The van der Waals surface area contributed by atoms with Gasteiger partial charge >= 0.3 is 5.97 Å². The zero-order chi connectivity index (χ0) is 34.3. The van der Waals surface area contributed by atoms with Gasteiger partial charge in [0.1, 0.15) is 0 Å². The van der Waals surface area contributed by atoms with E-state index >= 15 is 0 Å². The van der Waals surface area contributed by atoms with Crippen molar-refractivity contribution in [3.63, 3.8) is 0 Å². The fourth-order valence-electron chi connectivity index (χ4n) is 7.13. The second-order valence-electron chi connectivity index (χ2n) is 17.4. The van der Waals surface area contributed by atoms with E-state index in [2.05, 4.69) is 99.5 Å². The molecule has 3 aliphatic rings. The molecule has 6 heteroatoms. The van der Waals surface area contributed by atoms with Crippen molar-refractivity contribution in [2.45, 2.75) is 142 Å². The van der Waals surface area contributed by atoms with Crippen LogP contribution in [0.2, 0.25) is 36.3 Å². The first-order valence-electron chi connectivity index (χ1n) is 17.5. The molecule has 254 valence electrons. The molecule has 0 aromatic heterocycles. The molecule has 0 unspecified atom stereocenters. The Hall–Kier alpha value is -2.00. The highest BCUT2D eigenvalue weighted by molar-refractivity contribution is 6.74. The minimum Gasteiger partial charge on any atom is -0.465 e. The van der Waals surface area contributed by atoms with Gasteiger partial charge < -0.3 is 13.6 Å². The SMILES string of the molecule is C=C1/C(=C\C=C2/CCC[C@]3(C)/C(=C/c4ccc(C(=O)OC)cc4)CC[C@@H]23)C[C@@H](O[Si](C)(C)C(C)(C)C)C[C@@H]1O[Si](C)(C)C(C)(C)C. The minimum absolute atomic E-state index is 0.00253. The van der Waals surface area contributed by atoms with Gasteiger partial charge in [-0.25, -0.2) is 4.79 Å². The molecule has 0 aliphatic heterocycles. The van der Waals surface area contributed by atoms with Crippen molar-refractivity contribution < 1.29 is 18.4 Å². The fourth-order valence-corrected chi connectivity index (χ4v) is 9.80. The summed E-state index contributed by atoms with van der Waals surface area (Å²) in [5.74, 6) is 0.258. The van der Waals surface area contributed by atoms with Crippen molar-refractivity contribution in [2.75, 3.05) is 7.11 Å². The molecule has 4 nitrogen and oxygen atoms in total. The molecular weight excluding hydrogens is 601 g/mol. The topological polar surface area (TPSA) is 44.8 Å². The van der Waals surface area contributed by atoms with Crippen LogP contribution in [-0.2, 0) is 13.6 Å². The largest absolute Gasteiger partial charge is 0.465 e. The van der Waals surface area contributed by atoms with E-state index in [0.29, 0.717) is 11.5 Å². The summed E-state index contributed by atoms with van der Waals surface area (Å²) in [5.41, 5.74) is 7.48. The molecule has 4 atom stereocenters. The Labute approximate surface area is 283 Å². The molecule has 3 saturated carbocycles. The molecule has 1 aromatic carbocycles. The standard InChI is InChI=1S/C40H62O4Si2/c1-28-32(26-34(43-45(10,11)38(2,3)4)27-36(28)44-46(12,13)39(5,6)7)21-20-30-15-14-24-40(8)33(22-23-35(30)40)25-29-16-18-31(19-17-29)37(41)42-9/h16-21,25,34-36H,1,14-15,22-24,26-27H2,2-13H3/b30-20+,32-21-,33-25+/t34-,35+,36+,40-/m1/s1. The number of carbonyl (C=O) groups excluding carboxylic acids is 1. The molecule has 0 amide bonds. The van der Waals surface area contributed by atoms with Gasteiger partial charge in [0.15, 0.2) is 16.6 Å².